The van der Waals surface area contributed by atoms with Crippen molar-refractivity contribution < 1.29 is 9.53 Å². The molecular formula is C17H30N4O2. The molecule has 1 unspecified atom stereocenters. The van der Waals surface area contributed by atoms with E-state index in [0.717, 1.165) is 43.9 Å². The summed E-state index contributed by atoms with van der Waals surface area (Å²) in [5.74, 6) is 0.405. The van der Waals surface area contributed by atoms with Crippen molar-refractivity contribution in [2.24, 2.45) is 11.7 Å². The van der Waals surface area contributed by atoms with Gasteiger partial charge in [0.15, 0.2) is 0 Å². The number of aryl methyl sites for hydroxylation is 1. The highest BCUT2D eigenvalue weighted by atomic mass is 16.5. The van der Waals surface area contributed by atoms with Crippen LogP contribution >= 0.6 is 0 Å². The van der Waals surface area contributed by atoms with Gasteiger partial charge in [-0.25, -0.2) is 0 Å². The highest BCUT2D eigenvalue weighted by Gasteiger charge is 2.23. The average Bonchev–Trinajstić information content (AvgIpc) is 2.75. The Kier molecular flexibility index (Phi) is 6.18. The van der Waals surface area contributed by atoms with Crippen molar-refractivity contribution in [1.29, 1.82) is 0 Å². The molecule has 0 amide bonds. The van der Waals surface area contributed by atoms with Crippen LogP contribution < -0.4 is 5.73 Å². The van der Waals surface area contributed by atoms with Crippen molar-refractivity contribution in [3.8, 4) is 0 Å². The van der Waals surface area contributed by atoms with Crippen LogP contribution in [-0.4, -0.2) is 46.4 Å². The van der Waals surface area contributed by atoms with Gasteiger partial charge >= 0.3 is 5.97 Å². The topological polar surface area (TPSA) is 73.4 Å². The number of hydrogen-bond donors (Lipinski definition) is 1. The second-order valence-electron chi connectivity index (χ2n) is 6.58. The zero-order valence-corrected chi connectivity index (χ0v) is 14.8. The Bertz CT molecular complexity index is 531. The van der Waals surface area contributed by atoms with Gasteiger partial charge < -0.3 is 10.5 Å². The molecule has 1 aromatic heterocycles. The molecule has 0 spiro atoms. The van der Waals surface area contributed by atoms with Crippen LogP contribution in [0.3, 0.4) is 0 Å². The lowest BCUT2D eigenvalue weighted by Gasteiger charge is -2.33. The highest BCUT2D eigenvalue weighted by molar-refractivity contribution is 5.69. The molecule has 1 aromatic rings. The minimum absolute atomic E-state index is 0.188. The summed E-state index contributed by atoms with van der Waals surface area (Å²) in [5, 5.41) is 4.51. The van der Waals surface area contributed by atoms with E-state index in [2.05, 4.69) is 16.9 Å². The number of rotatable bonds is 6. The lowest BCUT2D eigenvalue weighted by molar-refractivity contribution is -0.144. The summed E-state index contributed by atoms with van der Waals surface area (Å²) in [6.07, 6.45) is 2.32. The van der Waals surface area contributed by atoms with E-state index in [4.69, 9.17) is 10.5 Å². The fraction of sp³-hybridized carbons (Fsp3) is 0.765. The number of carbonyl (C=O) groups excluding carboxylic acids is 1. The minimum atomic E-state index is -0.234. The molecule has 1 fully saturated rings. The van der Waals surface area contributed by atoms with E-state index in [0.29, 0.717) is 12.5 Å². The predicted octanol–water partition coefficient (Wildman–Crippen LogP) is 1.62. The molecule has 6 heteroatoms. The first kappa shape index (κ1) is 17.9. The van der Waals surface area contributed by atoms with Crippen molar-refractivity contribution in [1.82, 2.24) is 14.7 Å². The van der Waals surface area contributed by atoms with Crippen molar-refractivity contribution >= 4 is 5.97 Å². The number of nitrogens with two attached hydrogens (primary N) is 1. The van der Waals surface area contributed by atoms with Gasteiger partial charge in [0.25, 0.3) is 0 Å². The molecule has 6 nitrogen and oxygen atoms in total. The fourth-order valence-electron chi connectivity index (χ4n) is 3.31. The van der Waals surface area contributed by atoms with E-state index < -0.39 is 0 Å². The second-order valence-corrected chi connectivity index (χ2v) is 6.58. The molecule has 2 N–H and O–H groups in total. The molecule has 2 rings (SSSR count). The zero-order valence-electron chi connectivity index (χ0n) is 14.8. The maximum atomic E-state index is 11.7. The first-order valence-corrected chi connectivity index (χ1v) is 8.58. The lowest BCUT2D eigenvalue weighted by Crippen LogP contribution is -2.39. The quantitative estimate of drug-likeness (QED) is 0.806. The molecule has 1 aliphatic heterocycles. The van der Waals surface area contributed by atoms with Gasteiger partial charge in [-0.3, -0.25) is 14.4 Å². The van der Waals surface area contributed by atoms with Crippen LogP contribution in [0.2, 0.25) is 0 Å². The Labute approximate surface area is 139 Å². The molecule has 1 saturated heterocycles. The van der Waals surface area contributed by atoms with E-state index in [-0.39, 0.29) is 18.6 Å². The summed E-state index contributed by atoms with van der Waals surface area (Å²) in [7, 11) is 0. The van der Waals surface area contributed by atoms with Crippen LogP contribution in [0.1, 0.15) is 43.6 Å². The molecule has 130 valence electrons. The van der Waals surface area contributed by atoms with Gasteiger partial charge in [-0.05, 0) is 59.5 Å². The van der Waals surface area contributed by atoms with Crippen LogP contribution in [0.4, 0.5) is 0 Å². The van der Waals surface area contributed by atoms with Gasteiger partial charge in [0.05, 0.1) is 12.3 Å². The largest absolute Gasteiger partial charge is 0.465 e. The Morgan fingerprint density at radius 2 is 2.04 bits per heavy atom. The number of likely N-dealkylation sites (tertiary alicyclic amines) is 1. The first-order chi connectivity index (χ1) is 10.9. The summed E-state index contributed by atoms with van der Waals surface area (Å²) in [4.78, 5) is 14.1. The number of ether oxygens (including phenoxy) is 1. The van der Waals surface area contributed by atoms with Gasteiger partial charge in [0, 0.05) is 23.8 Å². The highest BCUT2D eigenvalue weighted by Crippen LogP contribution is 2.23. The summed E-state index contributed by atoms with van der Waals surface area (Å²) in [6.45, 7) is 11.6. The smallest absolute Gasteiger partial charge is 0.327 e. The lowest BCUT2D eigenvalue weighted by atomic mass is 9.91. The third kappa shape index (κ3) is 4.54. The molecule has 0 bridgehead atoms. The number of esters is 1. The van der Waals surface area contributed by atoms with Crippen molar-refractivity contribution in [2.45, 2.75) is 59.7 Å². The molecule has 23 heavy (non-hydrogen) atoms. The normalized spacial score (nSPS) is 18.1. The number of nitrogens with zero attached hydrogens (tertiary/aromatic N) is 3. The maximum Gasteiger partial charge on any atom is 0.327 e. The van der Waals surface area contributed by atoms with Gasteiger partial charge in [0.1, 0.15) is 6.54 Å². The SMILES string of the molecule is CCOC(=O)Cn1nc(C)c(CN2CCC(C(C)N)CC2)c1C. The third-order valence-corrected chi connectivity index (χ3v) is 4.87. The van der Waals surface area contributed by atoms with E-state index in [1.165, 1.54) is 5.56 Å². The summed E-state index contributed by atoms with van der Waals surface area (Å²) in [5.41, 5.74) is 9.30. The number of aromatic nitrogens is 2. The van der Waals surface area contributed by atoms with Crippen molar-refractivity contribution in [3.05, 3.63) is 17.0 Å². The first-order valence-electron chi connectivity index (χ1n) is 8.58. The van der Waals surface area contributed by atoms with Crippen LogP contribution in [0.25, 0.3) is 0 Å². The molecule has 0 saturated carbocycles. The van der Waals surface area contributed by atoms with Crippen molar-refractivity contribution in [3.63, 3.8) is 0 Å². The van der Waals surface area contributed by atoms with E-state index in [1.54, 1.807) is 4.68 Å². The van der Waals surface area contributed by atoms with Crippen LogP contribution in [0.5, 0.6) is 0 Å². The van der Waals surface area contributed by atoms with Gasteiger partial charge in [-0.2, -0.15) is 5.10 Å². The number of carbonyl (C=O) groups is 1. The standard InChI is InChI=1S/C17H30N4O2/c1-5-23-17(22)11-21-14(4)16(13(3)19-21)10-20-8-6-15(7-9-20)12(2)18/h12,15H,5-11,18H2,1-4H3. The molecule has 0 aromatic carbocycles. The van der Waals surface area contributed by atoms with E-state index in [1.807, 2.05) is 20.8 Å². The zero-order chi connectivity index (χ0) is 17.0. The molecule has 1 atom stereocenters. The number of piperidine rings is 1. The fourth-order valence-corrected chi connectivity index (χ4v) is 3.31. The molecule has 0 radical (unpaired) electrons. The second kappa shape index (κ2) is 7.93. The summed E-state index contributed by atoms with van der Waals surface area (Å²) in [6, 6.07) is 0.285. The minimum Gasteiger partial charge on any atom is -0.465 e. The third-order valence-electron chi connectivity index (χ3n) is 4.87. The molecule has 2 heterocycles. The number of hydrogen-bond acceptors (Lipinski definition) is 5. The van der Waals surface area contributed by atoms with Crippen molar-refractivity contribution in [2.75, 3.05) is 19.7 Å². The molecule has 1 aliphatic rings. The molecule has 0 aliphatic carbocycles. The molecular weight excluding hydrogens is 292 g/mol. The van der Waals surface area contributed by atoms with Gasteiger partial charge in [0.2, 0.25) is 0 Å². The average molecular weight is 322 g/mol. The predicted molar refractivity (Wildman–Crippen MR) is 90.0 cm³/mol. The van der Waals surface area contributed by atoms with Crippen LogP contribution in [-0.2, 0) is 22.6 Å². The Morgan fingerprint density at radius 1 is 1.39 bits per heavy atom. The van der Waals surface area contributed by atoms with E-state index in [9.17, 15) is 4.79 Å². The summed E-state index contributed by atoms with van der Waals surface area (Å²) >= 11 is 0. The Hall–Kier alpha value is -1.40. The van der Waals surface area contributed by atoms with Crippen LogP contribution in [0.15, 0.2) is 0 Å². The van der Waals surface area contributed by atoms with Gasteiger partial charge in [-0.1, -0.05) is 0 Å². The maximum absolute atomic E-state index is 11.7. The van der Waals surface area contributed by atoms with Crippen LogP contribution in [0, 0.1) is 19.8 Å². The Morgan fingerprint density at radius 3 is 2.61 bits per heavy atom. The van der Waals surface area contributed by atoms with E-state index >= 15 is 0 Å². The monoisotopic (exact) mass is 322 g/mol. The summed E-state index contributed by atoms with van der Waals surface area (Å²) < 4.78 is 6.77. The van der Waals surface area contributed by atoms with Gasteiger partial charge in [-0.15, -0.1) is 0 Å². The Balaban J connectivity index is 1.98.